The van der Waals surface area contributed by atoms with E-state index in [4.69, 9.17) is 9.47 Å². The van der Waals surface area contributed by atoms with Crippen molar-refractivity contribution in [3.8, 4) is 0 Å². The van der Waals surface area contributed by atoms with Gasteiger partial charge in [0.05, 0.1) is 19.8 Å². The number of fused-ring (bicyclic) bond motifs is 1. The highest BCUT2D eigenvalue weighted by Gasteiger charge is 2.65. The number of carbonyl (C=O) groups excluding carboxylic acids is 2. The molecule has 0 unspecified atom stereocenters. The number of nitrogens with zero attached hydrogens (tertiary/aromatic N) is 1. The third kappa shape index (κ3) is 1.93. The number of carbonyl (C=O) groups is 2. The summed E-state index contributed by atoms with van der Waals surface area (Å²) in [5, 5.41) is 12.9. The van der Waals surface area contributed by atoms with Crippen LogP contribution in [0.2, 0.25) is 0 Å². The molecule has 0 bridgehead atoms. The predicted molar refractivity (Wildman–Crippen MR) is 86.0 cm³/mol. The molecule has 2 aromatic rings. The second kappa shape index (κ2) is 5.81. The second-order valence-electron chi connectivity index (χ2n) is 5.26. The molecule has 122 valence electrons. The minimum absolute atomic E-state index is 0.0250. The molecule has 1 aliphatic heterocycles. The summed E-state index contributed by atoms with van der Waals surface area (Å²) in [6.45, 7) is 0. The van der Waals surface area contributed by atoms with Crippen molar-refractivity contribution in [2.75, 3.05) is 14.2 Å². The van der Waals surface area contributed by atoms with Crippen molar-refractivity contribution < 1.29 is 23.8 Å². The SMILES string of the molecule is COC(=O)C1(C(=O)OC)C(c2ccccc2)=[N+]([O-])c2ccccc21. The third-order valence-electron chi connectivity index (χ3n) is 4.12. The van der Waals surface area contributed by atoms with Gasteiger partial charge in [-0.1, -0.05) is 30.3 Å². The smallest absolute Gasteiger partial charge is 0.339 e. The Bertz CT molecular complexity index is 825. The lowest BCUT2D eigenvalue weighted by atomic mass is 9.75. The number of hydrogen-bond acceptors (Lipinski definition) is 5. The van der Waals surface area contributed by atoms with Gasteiger partial charge in [-0.3, -0.25) is 0 Å². The summed E-state index contributed by atoms with van der Waals surface area (Å²) in [6.07, 6.45) is 0. The van der Waals surface area contributed by atoms with Crippen LogP contribution < -0.4 is 0 Å². The maximum atomic E-state index is 12.9. The second-order valence-corrected chi connectivity index (χ2v) is 5.26. The predicted octanol–water partition coefficient (Wildman–Crippen LogP) is 1.92. The maximum absolute atomic E-state index is 12.9. The average Bonchev–Trinajstić information content (AvgIpc) is 2.91. The highest BCUT2D eigenvalue weighted by molar-refractivity contribution is 6.32. The average molecular weight is 325 g/mol. The molecule has 0 saturated heterocycles. The fourth-order valence-electron chi connectivity index (χ4n) is 3.10. The van der Waals surface area contributed by atoms with E-state index in [1.54, 1.807) is 54.6 Å². The molecule has 0 fully saturated rings. The van der Waals surface area contributed by atoms with E-state index in [-0.39, 0.29) is 17.0 Å². The first-order chi connectivity index (χ1) is 11.6. The van der Waals surface area contributed by atoms with Crippen molar-refractivity contribution >= 4 is 23.3 Å². The monoisotopic (exact) mass is 325 g/mol. The topological polar surface area (TPSA) is 78.7 Å². The van der Waals surface area contributed by atoms with Crippen LogP contribution in [0.25, 0.3) is 0 Å². The van der Waals surface area contributed by atoms with Crippen molar-refractivity contribution in [1.82, 2.24) is 0 Å². The van der Waals surface area contributed by atoms with Crippen molar-refractivity contribution in [2.24, 2.45) is 0 Å². The Morgan fingerprint density at radius 1 is 0.917 bits per heavy atom. The van der Waals surface area contributed by atoms with Gasteiger partial charge in [-0.15, -0.1) is 0 Å². The molecule has 0 aromatic heterocycles. The van der Waals surface area contributed by atoms with Gasteiger partial charge in [0, 0.05) is 11.6 Å². The van der Waals surface area contributed by atoms with Crippen LogP contribution >= 0.6 is 0 Å². The van der Waals surface area contributed by atoms with Gasteiger partial charge in [-0.2, -0.15) is 4.74 Å². The van der Waals surface area contributed by atoms with E-state index in [1.165, 1.54) is 14.2 Å². The van der Waals surface area contributed by atoms with Crippen LogP contribution in [-0.2, 0) is 24.5 Å². The number of ether oxygens (including phenoxy) is 2. The molecule has 6 heteroatoms. The Balaban J connectivity index is 2.42. The lowest BCUT2D eigenvalue weighted by molar-refractivity contribution is -0.357. The minimum Gasteiger partial charge on any atom is -0.618 e. The number of hydrogen-bond donors (Lipinski definition) is 0. The number of methoxy groups -OCH3 is 2. The van der Waals surface area contributed by atoms with Gasteiger partial charge in [-0.05, 0) is 18.2 Å². The molecule has 3 rings (SSSR count). The van der Waals surface area contributed by atoms with E-state index in [1.807, 2.05) is 0 Å². The number of para-hydroxylation sites is 1. The molecule has 1 heterocycles. The molecule has 0 spiro atoms. The van der Waals surface area contributed by atoms with Gasteiger partial charge in [0.1, 0.15) is 0 Å². The summed E-state index contributed by atoms with van der Waals surface area (Å²) in [5.74, 6) is -1.72. The Morgan fingerprint density at radius 2 is 1.46 bits per heavy atom. The Morgan fingerprint density at radius 3 is 2.04 bits per heavy atom. The van der Waals surface area contributed by atoms with Crippen molar-refractivity contribution in [2.45, 2.75) is 5.41 Å². The highest BCUT2D eigenvalue weighted by atomic mass is 16.5. The van der Waals surface area contributed by atoms with Crippen LogP contribution in [0.5, 0.6) is 0 Å². The minimum atomic E-state index is -1.96. The van der Waals surface area contributed by atoms with Gasteiger partial charge in [0.15, 0.2) is 0 Å². The van der Waals surface area contributed by atoms with Crippen LogP contribution in [0, 0.1) is 5.21 Å². The van der Waals surface area contributed by atoms with E-state index in [9.17, 15) is 14.8 Å². The van der Waals surface area contributed by atoms with Gasteiger partial charge < -0.3 is 14.7 Å². The van der Waals surface area contributed by atoms with Crippen LogP contribution in [-0.4, -0.2) is 36.6 Å². The summed E-state index contributed by atoms with van der Waals surface area (Å²) in [4.78, 5) is 25.4. The third-order valence-corrected chi connectivity index (χ3v) is 4.12. The van der Waals surface area contributed by atoms with Gasteiger partial charge in [0.25, 0.3) is 5.41 Å². The van der Waals surface area contributed by atoms with E-state index in [0.717, 1.165) is 0 Å². The summed E-state index contributed by atoms with van der Waals surface area (Å²) in [6, 6.07) is 15.0. The van der Waals surface area contributed by atoms with E-state index >= 15 is 0 Å². The molecule has 0 amide bonds. The lowest BCUT2D eigenvalue weighted by Crippen LogP contribution is -2.51. The molecule has 0 N–H and O–H groups in total. The van der Waals surface area contributed by atoms with Crippen LogP contribution in [0.1, 0.15) is 11.1 Å². The molecule has 0 radical (unpaired) electrons. The standard InChI is InChI=1S/C18H15NO5/c1-23-16(20)18(17(21)24-2)13-10-6-7-11-14(13)19(22)15(18)12-8-4-3-5-9-12/h3-11H,1-2H3. The molecule has 6 nitrogen and oxygen atoms in total. The fourth-order valence-corrected chi connectivity index (χ4v) is 3.10. The van der Waals surface area contributed by atoms with Gasteiger partial charge >= 0.3 is 11.9 Å². The lowest BCUT2D eigenvalue weighted by Gasteiger charge is -2.22. The normalized spacial score (nSPS) is 14.9. The van der Waals surface area contributed by atoms with E-state index < -0.39 is 17.4 Å². The zero-order valence-electron chi connectivity index (χ0n) is 13.2. The van der Waals surface area contributed by atoms with Gasteiger partial charge in [0.2, 0.25) is 11.4 Å². The molecule has 0 atom stereocenters. The number of rotatable bonds is 3. The first-order valence-electron chi connectivity index (χ1n) is 7.25. The number of esters is 2. The molecule has 2 aromatic carbocycles. The summed E-state index contributed by atoms with van der Waals surface area (Å²) in [5.41, 5.74) is -1.07. The Hall–Kier alpha value is -3.15. The molecular weight excluding hydrogens is 310 g/mol. The highest BCUT2D eigenvalue weighted by Crippen LogP contribution is 2.43. The first-order valence-corrected chi connectivity index (χ1v) is 7.25. The Labute approximate surface area is 138 Å². The quantitative estimate of drug-likeness (QED) is 0.373. The fraction of sp³-hybridized carbons (Fsp3) is 0.167. The molecule has 1 aliphatic rings. The number of benzene rings is 2. The molecular formula is C18H15NO5. The molecule has 0 saturated carbocycles. The van der Waals surface area contributed by atoms with Crippen LogP contribution in [0.15, 0.2) is 54.6 Å². The van der Waals surface area contributed by atoms with Crippen molar-refractivity contribution in [3.05, 3.63) is 70.9 Å². The van der Waals surface area contributed by atoms with Gasteiger partial charge in [-0.25, -0.2) is 9.59 Å². The maximum Gasteiger partial charge on any atom is 0.339 e. The summed E-state index contributed by atoms with van der Waals surface area (Å²) >= 11 is 0. The van der Waals surface area contributed by atoms with E-state index in [2.05, 4.69) is 0 Å². The van der Waals surface area contributed by atoms with E-state index in [0.29, 0.717) is 10.3 Å². The van der Waals surface area contributed by atoms with Crippen LogP contribution in [0.4, 0.5) is 5.69 Å². The van der Waals surface area contributed by atoms with Crippen molar-refractivity contribution in [1.29, 1.82) is 0 Å². The van der Waals surface area contributed by atoms with Crippen LogP contribution in [0.3, 0.4) is 0 Å². The largest absolute Gasteiger partial charge is 0.618 e. The zero-order chi connectivity index (χ0) is 17.3. The summed E-state index contributed by atoms with van der Waals surface area (Å²) < 4.78 is 10.4. The Kier molecular flexibility index (Phi) is 3.81. The molecule has 24 heavy (non-hydrogen) atoms. The van der Waals surface area contributed by atoms with Crippen molar-refractivity contribution in [3.63, 3.8) is 0 Å². The molecule has 0 aliphatic carbocycles. The first kappa shape index (κ1) is 15.7. The zero-order valence-corrected chi connectivity index (χ0v) is 13.2. The summed E-state index contributed by atoms with van der Waals surface area (Å²) in [7, 11) is 2.34.